The summed E-state index contributed by atoms with van der Waals surface area (Å²) in [7, 11) is 0. The first-order valence-corrected chi connectivity index (χ1v) is 6.28. The van der Waals surface area contributed by atoms with Crippen LogP contribution in [0.15, 0.2) is 48.6 Å². The number of rotatable bonds is 6. The maximum atomic E-state index is 2.37. The van der Waals surface area contributed by atoms with E-state index < -0.39 is 0 Å². The van der Waals surface area contributed by atoms with E-state index in [1.165, 1.54) is 11.1 Å². The Morgan fingerprint density at radius 2 is 1.75 bits per heavy atom. The first-order valence-electron chi connectivity index (χ1n) is 6.28. The Balaban J connectivity index is 2.54. The number of hydrogen-bond acceptors (Lipinski definition) is 0. The van der Waals surface area contributed by atoms with E-state index in [-0.39, 0.29) is 0 Å². The molecule has 0 N–H and O–H groups in total. The molecule has 0 nitrogen and oxygen atoms in total. The summed E-state index contributed by atoms with van der Waals surface area (Å²) in [6.07, 6.45) is 11.4. The lowest BCUT2D eigenvalue weighted by molar-refractivity contribution is 1.03. The lowest BCUT2D eigenvalue weighted by Gasteiger charge is -2.04. The van der Waals surface area contributed by atoms with Crippen molar-refractivity contribution in [3.8, 4) is 0 Å². The number of allylic oxidation sites excluding steroid dienone is 4. The van der Waals surface area contributed by atoms with Crippen LogP contribution in [0.5, 0.6) is 0 Å². The van der Waals surface area contributed by atoms with E-state index in [0.29, 0.717) is 0 Å². The molecule has 1 rings (SSSR count). The third kappa shape index (κ3) is 4.48. The Morgan fingerprint density at radius 3 is 2.38 bits per heavy atom. The second-order valence-electron chi connectivity index (χ2n) is 3.91. The molecule has 0 aliphatic carbocycles. The second-order valence-corrected chi connectivity index (χ2v) is 3.91. The molecule has 86 valence electrons. The van der Waals surface area contributed by atoms with Gasteiger partial charge in [0.25, 0.3) is 0 Å². The highest BCUT2D eigenvalue weighted by Gasteiger charge is 1.96. The largest absolute Gasteiger partial charge is 0.0888 e. The Hall–Kier alpha value is -1.30. The van der Waals surface area contributed by atoms with Gasteiger partial charge in [-0.1, -0.05) is 62.4 Å². The molecule has 0 saturated carbocycles. The molecule has 0 heteroatoms. The summed E-state index contributed by atoms with van der Waals surface area (Å²) in [5.74, 6) is 0. The molecule has 0 fully saturated rings. The van der Waals surface area contributed by atoms with Crippen molar-refractivity contribution in [1.29, 1.82) is 0 Å². The van der Waals surface area contributed by atoms with Gasteiger partial charge in [0, 0.05) is 0 Å². The molecule has 0 atom stereocenters. The van der Waals surface area contributed by atoms with E-state index in [4.69, 9.17) is 0 Å². The van der Waals surface area contributed by atoms with E-state index in [1.807, 2.05) is 0 Å². The smallest absolute Gasteiger partial charge is 0.0228 e. The van der Waals surface area contributed by atoms with Crippen molar-refractivity contribution in [2.75, 3.05) is 0 Å². The van der Waals surface area contributed by atoms with Crippen molar-refractivity contribution >= 4 is 5.57 Å². The summed E-state index contributed by atoms with van der Waals surface area (Å²) in [6.45, 7) is 4.40. The maximum absolute atomic E-state index is 2.37. The van der Waals surface area contributed by atoms with E-state index in [1.54, 1.807) is 0 Å². The molecule has 16 heavy (non-hydrogen) atoms. The molecule has 0 heterocycles. The quantitative estimate of drug-likeness (QED) is 0.449. The van der Waals surface area contributed by atoms with E-state index >= 15 is 0 Å². The topological polar surface area (TPSA) is 0 Å². The highest BCUT2D eigenvalue weighted by molar-refractivity contribution is 5.65. The van der Waals surface area contributed by atoms with Crippen LogP contribution in [0, 0.1) is 0 Å². The molecule has 0 radical (unpaired) electrons. The van der Waals surface area contributed by atoms with Crippen LogP contribution in [-0.4, -0.2) is 0 Å². The zero-order valence-corrected chi connectivity index (χ0v) is 10.4. The van der Waals surface area contributed by atoms with Crippen molar-refractivity contribution in [3.05, 3.63) is 54.1 Å². The zero-order chi connectivity index (χ0) is 11.6. The molecule has 1 aromatic rings. The van der Waals surface area contributed by atoms with Gasteiger partial charge in [-0.05, 0) is 36.8 Å². The number of unbranched alkanes of at least 4 members (excludes halogenated alkanes) is 1. The minimum Gasteiger partial charge on any atom is -0.0888 e. The Labute approximate surface area is 99.7 Å². The van der Waals surface area contributed by atoms with Gasteiger partial charge in [-0.3, -0.25) is 0 Å². The highest BCUT2D eigenvalue weighted by Crippen LogP contribution is 2.18. The molecule has 0 amide bonds. The Morgan fingerprint density at radius 1 is 1.00 bits per heavy atom. The van der Waals surface area contributed by atoms with Crippen LogP contribution in [0.2, 0.25) is 0 Å². The molecule has 0 aliphatic heterocycles. The van der Waals surface area contributed by atoms with Crippen molar-refractivity contribution in [1.82, 2.24) is 0 Å². The first-order chi connectivity index (χ1) is 7.88. The minimum absolute atomic E-state index is 1.11. The van der Waals surface area contributed by atoms with Crippen LogP contribution >= 0.6 is 0 Å². The molecule has 1 aromatic carbocycles. The average molecular weight is 214 g/mol. The van der Waals surface area contributed by atoms with Gasteiger partial charge in [0.15, 0.2) is 0 Å². The lowest BCUT2D eigenvalue weighted by Crippen LogP contribution is -1.82. The molecule has 0 aromatic heterocycles. The Kier molecular flexibility index (Phi) is 6.32. The van der Waals surface area contributed by atoms with Crippen LogP contribution in [-0.2, 0) is 0 Å². The SMILES string of the molecule is CCC=CCCC=C(CC)c1ccccc1. The van der Waals surface area contributed by atoms with E-state index in [0.717, 1.165) is 25.7 Å². The summed E-state index contributed by atoms with van der Waals surface area (Å²) < 4.78 is 0. The zero-order valence-electron chi connectivity index (χ0n) is 10.4. The highest BCUT2D eigenvalue weighted by atomic mass is 14.0. The van der Waals surface area contributed by atoms with Crippen LogP contribution in [0.4, 0.5) is 0 Å². The summed E-state index contributed by atoms with van der Waals surface area (Å²) >= 11 is 0. The fraction of sp³-hybridized carbons (Fsp3) is 0.375. The summed E-state index contributed by atoms with van der Waals surface area (Å²) in [5.41, 5.74) is 2.83. The second kappa shape index (κ2) is 7.92. The fourth-order valence-corrected chi connectivity index (χ4v) is 1.76. The normalized spacial score (nSPS) is 12.2. The molecule has 0 unspecified atom stereocenters. The summed E-state index contributed by atoms with van der Waals surface area (Å²) in [6, 6.07) is 10.7. The van der Waals surface area contributed by atoms with Crippen molar-refractivity contribution in [3.63, 3.8) is 0 Å². The van der Waals surface area contributed by atoms with Crippen molar-refractivity contribution in [2.24, 2.45) is 0 Å². The van der Waals surface area contributed by atoms with Gasteiger partial charge >= 0.3 is 0 Å². The first kappa shape index (κ1) is 12.8. The van der Waals surface area contributed by atoms with E-state index in [9.17, 15) is 0 Å². The van der Waals surface area contributed by atoms with Crippen LogP contribution in [0.3, 0.4) is 0 Å². The number of hydrogen-bond donors (Lipinski definition) is 0. The fourth-order valence-electron chi connectivity index (χ4n) is 1.76. The van der Waals surface area contributed by atoms with Gasteiger partial charge in [-0.15, -0.1) is 0 Å². The van der Waals surface area contributed by atoms with Gasteiger partial charge < -0.3 is 0 Å². The van der Waals surface area contributed by atoms with Crippen LogP contribution in [0.1, 0.15) is 45.1 Å². The number of benzene rings is 1. The van der Waals surface area contributed by atoms with Crippen molar-refractivity contribution < 1.29 is 0 Å². The van der Waals surface area contributed by atoms with Gasteiger partial charge in [-0.25, -0.2) is 0 Å². The molecule has 0 bridgehead atoms. The molecule has 0 aliphatic rings. The van der Waals surface area contributed by atoms with Crippen LogP contribution in [0.25, 0.3) is 5.57 Å². The van der Waals surface area contributed by atoms with E-state index in [2.05, 4.69) is 62.4 Å². The Bertz CT molecular complexity index is 330. The van der Waals surface area contributed by atoms with Crippen LogP contribution < -0.4 is 0 Å². The maximum Gasteiger partial charge on any atom is -0.0228 e. The molecule has 0 saturated heterocycles. The summed E-state index contributed by atoms with van der Waals surface area (Å²) in [5, 5.41) is 0. The standard InChI is InChI=1S/C16H22/c1-3-5-6-7-9-12-15(4-2)16-13-10-8-11-14-16/h5-6,8,10-14H,3-4,7,9H2,1-2H3. The molecule has 0 spiro atoms. The van der Waals surface area contributed by atoms with Crippen molar-refractivity contribution in [2.45, 2.75) is 39.5 Å². The predicted octanol–water partition coefficient (Wildman–Crippen LogP) is 5.23. The third-order valence-corrected chi connectivity index (χ3v) is 2.65. The molecular formula is C16H22. The lowest BCUT2D eigenvalue weighted by atomic mass is 10.0. The monoisotopic (exact) mass is 214 g/mol. The van der Waals surface area contributed by atoms with Gasteiger partial charge in [-0.2, -0.15) is 0 Å². The predicted molar refractivity (Wildman–Crippen MR) is 73.4 cm³/mol. The van der Waals surface area contributed by atoms with Gasteiger partial charge in [0.1, 0.15) is 0 Å². The van der Waals surface area contributed by atoms with Gasteiger partial charge in [0.2, 0.25) is 0 Å². The minimum atomic E-state index is 1.11. The van der Waals surface area contributed by atoms with Gasteiger partial charge in [0.05, 0.1) is 0 Å². The molecular weight excluding hydrogens is 192 g/mol. The third-order valence-electron chi connectivity index (χ3n) is 2.65. The average Bonchev–Trinajstić information content (AvgIpc) is 2.35. The summed E-state index contributed by atoms with van der Waals surface area (Å²) in [4.78, 5) is 0.